The minimum atomic E-state index is -0.376. The number of halogens is 1. The normalized spacial score (nSPS) is 10.3. The molecule has 3 aromatic rings. The third-order valence-electron chi connectivity index (χ3n) is 4.23. The lowest BCUT2D eigenvalue weighted by Crippen LogP contribution is -2.00. The molecule has 0 spiro atoms. The topological polar surface area (TPSA) is 52.6 Å². The Bertz CT molecular complexity index is 976. The van der Waals surface area contributed by atoms with Crippen molar-refractivity contribution in [1.29, 1.82) is 0 Å². The third kappa shape index (κ3) is 4.01. The summed E-state index contributed by atoms with van der Waals surface area (Å²) >= 11 is 6.48. The maximum absolute atomic E-state index is 11.5. The maximum atomic E-state index is 11.5. The van der Waals surface area contributed by atoms with Crippen LogP contribution in [-0.2, 0) is 9.47 Å². The Labute approximate surface area is 162 Å². The summed E-state index contributed by atoms with van der Waals surface area (Å²) in [6.07, 6.45) is 0. The molecule has 0 aromatic heterocycles. The maximum Gasteiger partial charge on any atom is 0.337 e. The van der Waals surface area contributed by atoms with Gasteiger partial charge in [0.25, 0.3) is 0 Å². The van der Waals surface area contributed by atoms with E-state index in [0.29, 0.717) is 16.1 Å². The van der Waals surface area contributed by atoms with Gasteiger partial charge in [0.1, 0.15) is 0 Å². The molecule has 3 rings (SSSR count). The first kappa shape index (κ1) is 18.7. The molecule has 0 saturated heterocycles. The van der Waals surface area contributed by atoms with Crippen molar-refractivity contribution < 1.29 is 19.1 Å². The number of carbonyl (C=O) groups excluding carboxylic acids is 2. The summed E-state index contributed by atoms with van der Waals surface area (Å²) in [5.74, 6) is -0.747. The van der Waals surface area contributed by atoms with Gasteiger partial charge in [-0.3, -0.25) is 0 Å². The van der Waals surface area contributed by atoms with Crippen molar-refractivity contribution >= 4 is 23.5 Å². The molecule has 27 heavy (non-hydrogen) atoms. The van der Waals surface area contributed by atoms with E-state index in [0.717, 1.165) is 22.3 Å². The molecule has 4 nitrogen and oxygen atoms in total. The van der Waals surface area contributed by atoms with E-state index < -0.39 is 0 Å². The Kier molecular flexibility index (Phi) is 5.57. The molecule has 0 heterocycles. The van der Waals surface area contributed by atoms with Gasteiger partial charge in [0.05, 0.1) is 25.3 Å². The highest BCUT2D eigenvalue weighted by molar-refractivity contribution is 6.33. The van der Waals surface area contributed by atoms with Gasteiger partial charge in [0.15, 0.2) is 0 Å². The van der Waals surface area contributed by atoms with Gasteiger partial charge in [-0.2, -0.15) is 0 Å². The summed E-state index contributed by atoms with van der Waals surface area (Å²) in [4.78, 5) is 23.1. The molecule has 0 aliphatic rings. The van der Waals surface area contributed by atoms with Crippen molar-refractivity contribution in [2.24, 2.45) is 0 Å². The lowest BCUT2D eigenvalue weighted by molar-refractivity contribution is 0.0592. The molecule has 0 fully saturated rings. The van der Waals surface area contributed by atoms with Gasteiger partial charge < -0.3 is 9.47 Å². The molecule has 0 atom stereocenters. The van der Waals surface area contributed by atoms with E-state index >= 15 is 0 Å². The van der Waals surface area contributed by atoms with E-state index in [9.17, 15) is 9.59 Å². The minimum absolute atomic E-state index is 0.370. The fourth-order valence-electron chi connectivity index (χ4n) is 2.75. The second-order valence-corrected chi connectivity index (χ2v) is 6.24. The van der Waals surface area contributed by atoms with Gasteiger partial charge in [-0.15, -0.1) is 0 Å². The summed E-state index contributed by atoms with van der Waals surface area (Å²) < 4.78 is 9.41. The molecule has 0 aliphatic heterocycles. The largest absolute Gasteiger partial charge is 0.465 e. The van der Waals surface area contributed by atoms with Gasteiger partial charge in [-0.1, -0.05) is 48.0 Å². The monoisotopic (exact) mass is 380 g/mol. The lowest BCUT2D eigenvalue weighted by atomic mass is 9.99. The van der Waals surface area contributed by atoms with Gasteiger partial charge in [-0.05, 0) is 47.0 Å². The number of esters is 2. The summed E-state index contributed by atoms with van der Waals surface area (Å²) in [5.41, 5.74) is 4.63. The van der Waals surface area contributed by atoms with E-state index in [4.69, 9.17) is 21.1 Å². The second kappa shape index (κ2) is 8.06. The first-order valence-corrected chi connectivity index (χ1v) is 8.58. The van der Waals surface area contributed by atoms with Crippen molar-refractivity contribution in [1.82, 2.24) is 0 Å². The lowest BCUT2D eigenvalue weighted by Gasteiger charge is -2.09. The molecule has 0 radical (unpaired) electrons. The predicted molar refractivity (Wildman–Crippen MR) is 105 cm³/mol. The molecule has 0 aliphatic carbocycles. The molecule has 0 amide bonds. The van der Waals surface area contributed by atoms with Crippen LogP contribution in [0, 0.1) is 0 Å². The number of carbonyl (C=O) groups is 2. The number of rotatable bonds is 4. The number of hydrogen-bond acceptors (Lipinski definition) is 4. The van der Waals surface area contributed by atoms with E-state index in [2.05, 4.69) is 0 Å². The number of benzene rings is 3. The van der Waals surface area contributed by atoms with Crippen LogP contribution in [0.3, 0.4) is 0 Å². The van der Waals surface area contributed by atoms with Crippen molar-refractivity contribution in [3.8, 4) is 22.3 Å². The standard InChI is InChI=1S/C22H17ClO4/c1-26-21(24)16-7-3-14(4-8-16)18-11-12-19(20(23)13-18)15-5-9-17(10-6-15)22(25)27-2/h3-13H,1-2H3. The number of methoxy groups -OCH3 is 2. The van der Waals surface area contributed by atoms with Crippen molar-refractivity contribution in [3.63, 3.8) is 0 Å². The van der Waals surface area contributed by atoms with Gasteiger partial charge in [-0.25, -0.2) is 9.59 Å². The highest BCUT2D eigenvalue weighted by atomic mass is 35.5. The Morgan fingerprint density at radius 2 is 1.11 bits per heavy atom. The minimum Gasteiger partial charge on any atom is -0.465 e. The zero-order valence-corrected chi connectivity index (χ0v) is 15.6. The van der Waals surface area contributed by atoms with Gasteiger partial charge in [0.2, 0.25) is 0 Å². The van der Waals surface area contributed by atoms with Crippen molar-refractivity contribution in [2.75, 3.05) is 14.2 Å². The quantitative estimate of drug-likeness (QED) is 0.580. The van der Waals surface area contributed by atoms with Crippen LogP contribution in [0.5, 0.6) is 0 Å². The van der Waals surface area contributed by atoms with Crippen LogP contribution >= 0.6 is 11.6 Å². The van der Waals surface area contributed by atoms with Crippen molar-refractivity contribution in [3.05, 3.63) is 82.9 Å². The van der Waals surface area contributed by atoms with Crippen LogP contribution < -0.4 is 0 Å². The fraction of sp³-hybridized carbons (Fsp3) is 0.0909. The Balaban J connectivity index is 1.87. The summed E-state index contributed by atoms with van der Waals surface area (Å²) in [5, 5.41) is 0.593. The summed E-state index contributed by atoms with van der Waals surface area (Å²) in [6, 6.07) is 20.0. The molecule has 0 unspecified atom stereocenters. The predicted octanol–water partition coefficient (Wildman–Crippen LogP) is 5.25. The van der Waals surface area contributed by atoms with Crippen LogP contribution in [0.15, 0.2) is 66.7 Å². The first-order valence-electron chi connectivity index (χ1n) is 8.20. The van der Waals surface area contributed by atoms with Crippen molar-refractivity contribution in [2.45, 2.75) is 0 Å². The Morgan fingerprint density at radius 1 is 0.667 bits per heavy atom. The first-order chi connectivity index (χ1) is 13.0. The average Bonchev–Trinajstić information content (AvgIpc) is 2.72. The van der Waals surface area contributed by atoms with Gasteiger partial charge >= 0.3 is 11.9 Å². The smallest absolute Gasteiger partial charge is 0.337 e. The highest BCUT2D eigenvalue weighted by Gasteiger charge is 2.10. The van der Waals surface area contributed by atoms with Crippen LogP contribution in [0.4, 0.5) is 0 Å². The highest BCUT2D eigenvalue weighted by Crippen LogP contribution is 2.32. The zero-order valence-electron chi connectivity index (χ0n) is 14.9. The third-order valence-corrected chi connectivity index (χ3v) is 4.54. The molecular weight excluding hydrogens is 364 g/mol. The average molecular weight is 381 g/mol. The molecule has 136 valence electrons. The van der Waals surface area contributed by atoms with Crippen LogP contribution in [-0.4, -0.2) is 26.2 Å². The molecular formula is C22H17ClO4. The molecule has 0 saturated carbocycles. The van der Waals surface area contributed by atoms with E-state index in [1.165, 1.54) is 14.2 Å². The van der Waals surface area contributed by atoms with E-state index in [1.54, 1.807) is 24.3 Å². The summed E-state index contributed by atoms with van der Waals surface area (Å²) in [6.45, 7) is 0. The second-order valence-electron chi connectivity index (χ2n) is 5.83. The summed E-state index contributed by atoms with van der Waals surface area (Å²) in [7, 11) is 2.70. The van der Waals surface area contributed by atoms with Crippen LogP contribution in [0.25, 0.3) is 22.3 Å². The molecule has 5 heteroatoms. The van der Waals surface area contributed by atoms with E-state index in [1.807, 2.05) is 42.5 Å². The van der Waals surface area contributed by atoms with Crippen LogP contribution in [0.2, 0.25) is 5.02 Å². The SMILES string of the molecule is COC(=O)c1ccc(-c2ccc(-c3ccc(C(=O)OC)cc3)c(Cl)c2)cc1. The molecule has 3 aromatic carbocycles. The van der Waals surface area contributed by atoms with Crippen LogP contribution in [0.1, 0.15) is 20.7 Å². The number of hydrogen-bond donors (Lipinski definition) is 0. The number of ether oxygens (including phenoxy) is 2. The zero-order chi connectivity index (χ0) is 19.4. The molecule has 0 bridgehead atoms. The van der Waals surface area contributed by atoms with E-state index in [-0.39, 0.29) is 11.9 Å². The Morgan fingerprint density at radius 3 is 1.56 bits per heavy atom. The Hall–Kier alpha value is -3.11. The fourth-order valence-corrected chi connectivity index (χ4v) is 3.04. The molecule has 0 N–H and O–H groups in total. The van der Waals surface area contributed by atoms with Gasteiger partial charge in [0, 0.05) is 10.6 Å².